The minimum absolute atomic E-state index is 0.375. The second-order valence-electron chi connectivity index (χ2n) is 5.81. The number of carbonyl (C=O) groups is 1. The van der Waals surface area contributed by atoms with Gasteiger partial charge in [-0.25, -0.2) is 0 Å². The van der Waals surface area contributed by atoms with Crippen molar-refractivity contribution in [2.45, 2.75) is 6.92 Å². The zero-order valence-corrected chi connectivity index (χ0v) is 15.6. The van der Waals surface area contributed by atoms with E-state index >= 15 is 0 Å². The third-order valence-electron chi connectivity index (χ3n) is 3.69. The molecule has 0 atom stereocenters. The first-order valence-electron chi connectivity index (χ1n) is 8.61. The highest BCUT2D eigenvalue weighted by molar-refractivity contribution is 5.83. The third kappa shape index (κ3) is 5.35. The molecule has 0 N–H and O–H groups in total. The Kier molecular flexibility index (Phi) is 6.25. The molecule has 140 valence electrons. The van der Waals surface area contributed by atoms with Crippen molar-refractivity contribution in [3.63, 3.8) is 0 Å². The summed E-state index contributed by atoms with van der Waals surface area (Å²) in [6, 6.07) is 22.2. The number of hydrogen-bond donors (Lipinski definition) is 0. The standard InChI is InChI=1S/C22H19N3O3/c1-16(26)28-21-13-8-17(14-22(21)27-2)15-23-18-9-11-20(12-10-18)25-24-19-6-4-3-5-7-19/h3-15H,1-2H3. The second-order valence-corrected chi connectivity index (χ2v) is 5.81. The maximum Gasteiger partial charge on any atom is 0.308 e. The molecule has 6 nitrogen and oxygen atoms in total. The zero-order valence-electron chi connectivity index (χ0n) is 15.6. The molecule has 0 bridgehead atoms. The minimum Gasteiger partial charge on any atom is -0.493 e. The average Bonchev–Trinajstić information content (AvgIpc) is 2.72. The molecule has 0 saturated heterocycles. The lowest BCUT2D eigenvalue weighted by atomic mass is 10.2. The van der Waals surface area contributed by atoms with Crippen LogP contribution >= 0.6 is 0 Å². The van der Waals surface area contributed by atoms with Gasteiger partial charge in [-0.3, -0.25) is 9.79 Å². The summed E-state index contributed by atoms with van der Waals surface area (Å²) >= 11 is 0. The molecule has 0 saturated carbocycles. The predicted molar refractivity (Wildman–Crippen MR) is 109 cm³/mol. The first-order valence-corrected chi connectivity index (χ1v) is 8.61. The molecule has 3 aromatic carbocycles. The van der Waals surface area contributed by atoms with Crippen molar-refractivity contribution >= 4 is 29.2 Å². The van der Waals surface area contributed by atoms with Gasteiger partial charge >= 0.3 is 5.97 Å². The summed E-state index contributed by atoms with van der Waals surface area (Å²) in [5.74, 6) is 0.445. The maximum absolute atomic E-state index is 11.1. The summed E-state index contributed by atoms with van der Waals surface area (Å²) in [6.45, 7) is 1.35. The van der Waals surface area contributed by atoms with E-state index in [9.17, 15) is 4.79 Å². The Morgan fingerprint density at radius 2 is 1.46 bits per heavy atom. The first-order chi connectivity index (χ1) is 13.6. The lowest BCUT2D eigenvalue weighted by molar-refractivity contribution is -0.132. The molecule has 0 aromatic heterocycles. The quantitative estimate of drug-likeness (QED) is 0.238. The number of carbonyl (C=O) groups excluding carboxylic acids is 1. The summed E-state index contributed by atoms with van der Waals surface area (Å²) < 4.78 is 10.4. The molecular weight excluding hydrogens is 354 g/mol. The minimum atomic E-state index is -0.399. The Morgan fingerprint density at radius 1 is 0.821 bits per heavy atom. The number of azo groups is 1. The first kappa shape index (κ1) is 19.0. The molecule has 28 heavy (non-hydrogen) atoms. The Bertz CT molecular complexity index is 997. The number of hydrogen-bond acceptors (Lipinski definition) is 6. The van der Waals surface area contributed by atoms with Crippen molar-refractivity contribution < 1.29 is 14.3 Å². The predicted octanol–water partition coefficient (Wildman–Crippen LogP) is 5.79. The van der Waals surface area contributed by atoms with E-state index in [1.807, 2.05) is 54.6 Å². The van der Waals surface area contributed by atoms with Gasteiger partial charge in [0.05, 0.1) is 24.2 Å². The van der Waals surface area contributed by atoms with E-state index < -0.39 is 5.97 Å². The van der Waals surface area contributed by atoms with Crippen molar-refractivity contribution in [3.05, 3.63) is 78.4 Å². The molecule has 6 heteroatoms. The van der Waals surface area contributed by atoms with Crippen LogP contribution in [0.3, 0.4) is 0 Å². The highest BCUT2D eigenvalue weighted by Gasteiger charge is 2.07. The van der Waals surface area contributed by atoms with Gasteiger partial charge in [0.2, 0.25) is 0 Å². The van der Waals surface area contributed by atoms with Gasteiger partial charge in [-0.15, -0.1) is 0 Å². The van der Waals surface area contributed by atoms with E-state index in [0.717, 1.165) is 22.6 Å². The number of methoxy groups -OCH3 is 1. The smallest absolute Gasteiger partial charge is 0.308 e. The zero-order chi connectivity index (χ0) is 19.8. The van der Waals surface area contributed by atoms with Crippen LogP contribution < -0.4 is 9.47 Å². The van der Waals surface area contributed by atoms with E-state index in [1.165, 1.54) is 14.0 Å². The van der Waals surface area contributed by atoms with E-state index in [1.54, 1.807) is 24.4 Å². The van der Waals surface area contributed by atoms with Crippen LogP contribution in [-0.2, 0) is 4.79 Å². The van der Waals surface area contributed by atoms with Gasteiger partial charge < -0.3 is 9.47 Å². The Labute approximate surface area is 163 Å². The fourth-order valence-corrected chi connectivity index (χ4v) is 2.37. The van der Waals surface area contributed by atoms with E-state index in [0.29, 0.717) is 11.5 Å². The SMILES string of the molecule is COc1cc(C=Nc2ccc(N=Nc3ccccc3)cc2)ccc1OC(C)=O. The molecule has 0 radical (unpaired) electrons. The molecule has 0 aliphatic rings. The fraction of sp³-hybridized carbons (Fsp3) is 0.0909. The van der Waals surface area contributed by atoms with Crippen LogP contribution in [0.4, 0.5) is 17.1 Å². The number of ether oxygens (including phenoxy) is 2. The molecule has 3 rings (SSSR count). The maximum atomic E-state index is 11.1. The highest BCUT2D eigenvalue weighted by Crippen LogP contribution is 2.28. The second kappa shape index (κ2) is 9.23. The molecule has 0 aliphatic carbocycles. The van der Waals surface area contributed by atoms with Crippen molar-refractivity contribution in [2.75, 3.05) is 7.11 Å². The summed E-state index contributed by atoms with van der Waals surface area (Å²) in [4.78, 5) is 15.6. The number of benzene rings is 3. The van der Waals surface area contributed by atoms with Crippen molar-refractivity contribution in [2.24, 2.45) is 15.2 Å². The van der Waals surface area contributed by atoms with Gasteiger partial charge in [0.1, 0.15) is 0 Å². The Balaban J connectivity index is 1.69. The lowest BCUT2D eigenvalue weighted by Crippen LogP contribution is -2.03. The number of esters is 1. The van der Waals surface area contributed by atoms with Crippen molar-refractivity contribution in [1.82, 2.24) is 0 Å². The molecular formula is C22H19N3O3. The third-order valence-corrected chi connectivity index (χ3v) is 3.69. The van der Waals surface area contributed by atoms with Crippen molar-refractivity contribution in [3.8, 4) is 11.5 Å². The van der Waals surface area contributed by atoms with Gasteiger partial charge in [0.15, 0.2) is 11.5 Å². The van der Waals surface area contributed by atoms with Crippen LogP contribution in [0.1, 0.15) is 12.5 Å². The number of aliphatic imine (C=N–C) groups is 1. The lowest BCUT2D eigenvalue weighted by Gasteiger charge is -2.08. The Hall–Kier alpha value is -3.80. The molecule has 0 unspecified atom stereocenters. The summed E-state index contributed by atoms with van der Waals surface area (Å²) in [6.07, 6.45) is 1.71. The van der Waals surface area contributed by atoms with Gasteiger partial charge in [-0.05, 0) is 60.2 Å². The van der Waals surface area contributed by atoms with Crippen LogP contribution in [0.2, 0.25) is 0 Å². The summed E-state index contributed by atoms with van der Waals surface area (Å²) in [7, 11) is 1.52. The fourth-order valence-electron chi connectivity index (χ4n) is 2.37. The molecule has 0 fully saturated rings. The van der Waals surface area contributed by atoms with Crippen LogP contribution in [0.15, 0.2) is 88.0 Å². The average molecular weight is 373 g/mol. The topological polar surface area (TPSA) is 72.6 Å². The van der Waals surface area contributed by atoms with Gasteiger partial charge in [0, 0.05) is 13.1 Å². The van der Waals surface area contributed by atoms with Crippen molar-refractivity contribution in [1.29, 1.82) is 0 Å². The van der Waals surface area contributed by atoms with Crippen LogP contribution in [0.25, 0.3) is 0 Å². The van der Waals surface area contributed by atoms with Gasteiger partial charge in [-0.1, -0.05) is 18.2 Å². The van der Waals surface area contributed by atoms with E-state index in [2.05, 4.69) is 15.2 Å². The van der Waals surface area contributed by atoms with Crippen LogP contribution in [0.5, 0.6) is 11.5 Å². The number of rotatable bonds is 6. The van der Waals surface area contributed by atoms with Crippen LogP contribution in [0, 0.1) is 0 Å². The molecule has 0 heterocycles. The normalized spacial score (nSPS) is 11.1. The van der Waals surface area contributed by atoms with Crippen LogP contribution in [-0.4, -0.2) is 19.3 Å². The molecule has 3 aromatic rings. The highest BCUT2D eigenvalue weighted by atomic mass is 16.6. The molecule has 0 spiro atoms. The summed E-state index contributed by atoms with van der Waals surface area (Å²) in [5.41, 5.74) is 3.15. The Morgan fingerprint density at radius 3 is 2.11 bits per heavy atom. The van der Waals surface area contributed by atoms with E-state index in [-0.39, 0.29) is 0 Å². The molecule has 0 amide bonds. The van der Waals surface area contributed by atoms with Gasteiger partial charge in [-0.2, -0.15) is 10.2 Å². The molecule has 0 aliphatic heterocycles. The number of nitrogens with zero attached hydrogens (tertiary/aromatic N) is 3. The largest absolute Gasteiger partial charge is 0.493 e. The van der Waals surface area contributed by atoms with Gasteiger partial charge in [0.25, 0.3) is 0 Å². The summed E-state index contributed by atoms with van der Waals surface area (Å²) in [5, 5.41) is 8.39. The van der Waals surface area contributed by atoms with E-state index in [4.69, 9.17) is 9.47 Å². The monoisotopic (exact) mass is 373 g/mol.